The van der Waals surface area contributed by atoms with E-state index in [2.05, 4.69) is 95.6 Å². The summed E-state index contributed by atoms with van der Waals surface area (Å²) in [6.07, 6.45) is 0. The van der Waals surface area contributed by atoms with Gasteiger partial charge in [0.25, 0.3) is 0 Å². The van der Waals surface area contributed by atoms with Crippen molar-refractivity contribution in [1.82, 2.24) is 19.5 Å². The van der Waals surface area contributed by atoms with E-state index in [1.807, 2.05) is 60.7 Å². The standard InChI is InChI=1S/C55H30N4O2/c1-2-11-31(12-3-1)53-56-54(33-21-24-39-38-16-8-9-20-46(38)60-47(39)28-33)58-55(57-53)34-22-25-40-41-26-23-35(30-49(41)61-48(40)29-34)59-44-19-10-18-43-37-15-6-7-17-42(37)50-36-14-5-4-13-32(36)27-45(59)52(50)51(43)44/h1-30H/i1D,2D,3D,11D,12D. The number of para-hydroxylation sites is 1. The summed E-state index contributed by atoms with van der Waals surface area (Å²) in [5.41, 5.74) is 6.99. The summed E-state index contributed by atoms with van der Waals surface area (Å²) in [7, 11) is 0. The topological polar surface area (TPSA) is 69.9 Å². The molecule has 0 aliphatic heterocycles. The fraction of sp³-hybridized carbons (Fsp3) is 0. The SMILES string of the molecule is [2H]c1c([2H])c([2H])c(-c2nc(-c3ccc4c(c3)oc3ccccc34)nc(-c3ccc4c(c3)oc3cc(-n5c6cccc7c8ccccc8c8c9ccccc9cc5c8c76)ccc34)n2)c([2H])c1[2H]. The van der Waals surface area contributed by atoms with Crippen LogP contribution in [0.25, 0.3) is 138 Å². The highest BCUT2D eigenvalue weighted by atomic mass is 16.3. The minimum Gasteiger partial charge on any atom is -0.456 e. The Labute approximate surface area is 353 Å². The van der Waals surface area contributed by atoms with E-state index in [0.717, 1.165) is 43.8 Å². The van der Waals surface area contributed by atoms with Gasteiger partial charge >= 0.3 is 0 Å². The Hall–Kier alpha value is -8.35. The number of rotatable bonds is 4. The van der Waals surface area contributed by atoms with E-state index < -0.39 is 30.2 Å². The Morgan fingerprint density at radius 1 is 0.377 bits per heavy atom. The molecule has 0 bridgehead atoms. The second-order valence-corrected chi connectivity index (χ2v) is 15.6. The van der Waals surface area contributed by atoms with Gasteiger partial charge in [0.15, 0.2) is 17.5 Å². The molecule has 6 nitrogen and oxygen atoms in total. The number of nitrogens with zero attached hydrogens (tertiary/aromatic N) is 4. The van der Waals surface area contributed by atoms with Crippen molar-refractivity contribution in [2.24, 2.45) is 0 Å². The van der Waals surface area contributed by atoms with Gasteiger partial charge in [-0.1, -0.05) is 121 Å². The van der Waals surface area contributed by atoms with Crippen LogP contribution in [0.4, 0.5) is 0 Å². The van der Waals surface area contributed by atoms with Crippen LogP contribution in [0.5, 0.6) is 0 Å². The minimum absolute atomic E-state index is 0.0524. The first-order chi connectivity index (χ1) is 32.3. The number of benzene rings is 10. The quantitative estimate of drug-likeness (QED) is 0.166. The highest BCUT2D eigenvalue weighted by Gasteiger charge is 2.23. The minimum atomic E-state index is -0.498. The van der Waals surface area contributed by atoms with Crippen LogP contribution in [0, 0.1) is 0 Å². The van der Waals surface area contributed by atoms with E-state index in [1.165, 1.54) is 43.1 Å². The normalized spacial score (nSPS) is 13.4. The van der Waals surface area contributed by atoms with Crippen LogP contribution in [-0.4, -0.2) is 19.5 Å². The molecular formula is C55H30N4O2. The van der Waals surface area contributed by atoms with Crippen LogP contribution >= 0.6 is 0 Å². The molecule has 0 aliphatic carbocycles. The van der Waals surface area contributed by atoms with Crippen molar-refractivity contribution in [3.05, 3.63) is 182 Å². The number of fused-ring (bicyclic) bond motifs is 11. The zero-order valence-electron chi connectivity index (χ0n) is 37.0. The van der Waals surface area contributed by atoms with Gasteiger partial charge in [0.1, 0.15) is 22.3 Å². The Morgan fingerprint density at radius 3 is 1.69 bits per heavy atom. The van der Waals surface area contributed by atoms with Gasteiger partial charge in [-0.25, -0.2) is 15.0 Å². The average molecular weight is 784 g/mol. The Kier molecular flexibility index (Phi) is 5.58. The zero-order chi connectivity index (χ0) is 44.1. The van der Waals surface area contributed by atoms with E-state index >= 15 is 0 Å². The molecule has 0 aliphatic rings. The maximum absolute atomic E-state index is 8.81. The van der Waals surface area contributed by atoms with Crippen molar-refractivity contribution in [1.29, 1.82) is 0 Å². The monoisotopic (exact) mass is 783 g/mol. The lowest BCUT2D eigenvalue weighted by molar-refractivity contribution is 0.668. The summed E-state index contributed by atoms with van der Waals surface area (Å²) < 4.78 is 58.0. The highest BCUT2D eigenvalue weighted by Crippen LogP contribution is 2.47. The molecule has 14 rings (SSSR count). The zero-order valence-corrected chi connectivity index (χ0v) is 32.0. The highest BCUT2D eigenvalue weighted by molar-refractivity contribution is 6.39. The predicted molar refractivity (Wildman–Crippen MR) is 249 cm³/mol. The van der Waals surface area contributed by atoms with Crippen LogP contribution in [0.1, 0.15) is 6.85 Å². The van der Waals surface area contributed by atoms with Gasteiger partial charge in [-0.2, -0.15) is 0 Å². The van der Waals surface area contributed by atoms with Gasteiger partial charge < -0.3 is 13.4 Å². The number of hydrogen-bond acceptors (Lipinski definition) is 5. The summed E-state index contributed by atoms with van der Waals surface area (Å²) in [5.74, 6) is 0.435. The van der Waals surface area contributed by atoms with Crippen molar-refractivity contribution in [2.75, 3.05) is 0 Å². The van der Waals surface area contributed by atoms with Crippen molar-refractivity contribution in [3.8, 4) is 39.9 Å². The van der Waals surface area contributed by atoms with Gasteiger partial charge in [0, 0.05) is 66.1 Å². The third-order valence-corrected chi connectivity index (χ3v) is 12.3. The molecule has 0 amide bonds. The second kappa shape index (κ2) is 12.1. The third kappa shape index (κ3) is 4.64. The van der Waals surface area contributed by atoms with E-state index in [-0.39, 0.29) is 23.0 Å². The smallest absolute Gasteiger partial charge is 0.164 e. The molecule has 4 aromatic heterocycles. The molecule has 0 fully saturated rings. The summed E-state index contributed by atoms with van der Waals surface area (Å²) in [4.78, 5) is 14.5. The van der Waals surface area contributed by atoms with Crippen molar-refractivity contribution in [2.45, 2.75) is 0 Å². The third-order valence-electron chi connectivity index (χ3n) is 12.3. The first kappa shape index (κ1) is 28.1. The molecule has 282 valence electrons. The molecule has 0 N–H and O–H groups in total. The Morgan fingerprint density at radius 2 is 0.934 bits per heavy atom. The fourth-order valence-corrected chi connectivity index (χ4v) is 9.62. The van der Waals surface area contributed by atoms with Crippen LogP contribution in [0.15, 0.2) is 191 Å². The van der Waals surface area contributed by atoms with Crippen LogP contribution < -0.4 is 0 Å². The van der Waals surface area contributed by atoms with Gasteiger partial charge in [0.05, 0.1) is 17.9 Å². The molecule has 4 heterocycles. The van der Waals surface area contributed by atoms with Crippen LogP contribution in [0.3, 0.4) is 0 Å². The molecule has 0 spiro atoms. The average Bonchev–Trinajstić information content (AvgIpc) is 4.03. The molecular weight excluding hydrogens is 749 g/mol. The number of hydrogen-bond donors (Lipinski definition) is 0. The lowest BCUT2D eigenvalue weighted by atomic mass is 9.91. The molecule has 0 unspecified atom stereocenters. The number of aromatic nitrogens is 4. The largest absolute Gasteiger partial charge is 0.456 e. The summed E-state index contributed by atoms with van der Waals surface area (Å²) >= 11 is 0. The fourth-order valence-electron chi connectivity index (χ4n) is 9.62. The molecule has 10 aromatic carbocycles. The van der Waals surface area contributed by atoms with Gasteiger partial charge in [-0.05, 0) is 81.5 Å². The maximum Gasteiger partial charge on any atom is 0.164 e. The molecule has 61 heavy (non-hydrogen) atoms. The molecule has 14 aromatic rings. The number of furan rings is 2. The Bertz CT molecular complexity index is 4400. The summed E-state index contributed by atoms with van der Waals surface area (Å²) in [5, 5.41) is 13.6. The van der Waals surface area contributed by atoms with E-state index in [4.69, 9.17) is 30.6 Å². The summed E-state index contributed by atoms with van der Waals surface area (Å²) in [6, 6.07) is 49.6. The van der Waals surface area contributed by atoms with E-state index in [1.54, 1.807) is 0 Å². The van der Waals surface area contributed by atoms with E-state index in [0.29, 0.717) is 27.9 Å². The van der Waals surface area contributed by atoms with Crippen LogP contribution in [-0.2, 0) is 0 Å². The van der Waals surface area contributed by atoms with Gasteiger partial charge in [-0.15, -0.1) is 0 Å². The molecule has 0 radical (unpaired) electrons. The Balaban J connectivity index is 0.955. The van der Waals surface area contributed by atoms with Crippen molar-refractivity contribution >= 4 is 98.0 Å². The predicted octanol–water partition coefficient (Wildman–Crippen LogP) is 14.7. The lowest BCUT2D eigenvalue weighted by Crippen LogP contribution is -2.00. The lowest BCUT2D eigenvalue weighted by Gasteiger charge is -2.11. The first-order valence-electron chi connectivity index (χ1n) is 22.6. The second-order valence-electron chi connectivity index (χ2n) is 15.6. The van der Waals surface area contributed by atoms with E-state index in [9.17, 15) is 0 Å². The molecule has 6 heteroatoms. The van der Waals surface area contributed by atoms with Crippen molar-refractivity contribution in [3.63, 3.8) is 0 Å². The van der Waals surface area contributed by atoms with Gasteiger partial charge in [-0.3, -0.25) is 0 Å². The van der Waals surface area contributed by atoms with Crippen molar-refractivity contribution < 1.29 is 15.7 Å². The summed E-state index contributed by atoms with van der Waals surface area (Å²) in [6.45, 7) is 0. The molecule has 0 atom stereocenters. The molecule has 0 saturated heterocycles. The maximum atomic E-state index is 8.81. The van der Waals surface area contributed by atoms with Crippen LogP contribution in [0.2, 0.25) is 0 Å². The van der Waals surface area contributed by atoms with Gasteiger partial charge in [0.2, 0.25) is 0 Å². The molecule has 0 saturated carbocycles. The first-order valence-corrected chi connectivity index (χ1v) is 20.1.